The van der Waals surface area contributed by atoms with E-state index in [0.29, 0.717) is 16.8 Å². The monoisotopic (exact) mass is 253 g/mol. The first-order valence-corrected chi connectivity index (χ1v) is 6.14. The Labute approximate surface area is 112 Å². The third-order valence-corrected chi connectivity index (χ3v) is 2.85. The number of imide groups is 1. The molecule has 1 aromatic carbocycles. The molecule has 1 aliphatic heterocycles. The Morgan fingerprint density at radius 3 is 2.05 bits per heavy atom. The number of amides is 2. The van der Waals surface area contributed by atoms with E-state index in [0.717, 1.165) is 0 Å². The van der Waals surface area contributed by atoms with E-state index in [4.69, 9.17) is 0 Å². The molecule has 0 unspecified atom stereocenters. The molecule has 3 nitrogen and oxygen atoms in total. The summed E-state index contributed by atoms with van der Waals surface area (Å²) in [5.41, 5.74) is 1.50. The Bertz CT molecular complexity index is 574. The first-order valence-electron chi connectivity index (χ1n) is 6.14. The lowest BCUT2D eigenvalue weighted by Gasteiger charge is -2.14. The van der Waals surface area contributed by atoms with E-state index < -0.39 is 0 Å². The van der Waals surface area contributed by atoms with Crippen LogP contribution in [0.5, 0.6) is 0 Å². The summed E-state index contributed by atoms with van der Waals surface area (Å²) in [6.45, 7) is 3.73. The Balaban J connectivity index is 2.48. The van der Waals surface area contributed by atoms with Gasteiger partial charge >= 0.3 is 0 Å². The third kappa shape index (κ3) is 2.27. The molecule has 0 fully saturated rings. The number of hydrogen-bond donors (Lipinski definition) is 0. The van der Waals surface area contributed by atoms with Gasteiger partial charge in [-0.2, -0.15) is 0 Å². The first kappa shape index (κ1) is 13.0. The molecule has 2 rings (SSSR count). The highest BCUT2D eigenvalue weighted by molar-refractivity contribution is 6.22. The molecule has 0 aliphatic carbocycles. The van der Waals surface area contributed by atoms with Crippen molar-refractivity contribution >= 4 is 11.8 Å². The Morgan fingerprint density at radius 1 is 1.00 bits per heavy atom. The van der Waals surface area contributed by atoms with Gasteiger partial charge < -0.3 is 0 Å². The van der Waals surface area contributed by atoms with Crippen molar-refractivity contribution in [2.45, 2.75) is 13.8 Å². The zero-order chi connectivity index (χ0) is 13.8. The van der Waals surface area contributed by atoms with Crippen molar-refractivity contribution in [2.24, 2.45) is 0 Å². The predicted octanol–water partition coefficient (Wildman–Crippen LogP) is 3.32. The lowest BCUT2D eigenvalue weighted by Crippen LogP contribution is -2.28. The maximum absolute atomic E-state index is 12.3. The second-order valence-corrected chi connectivity index (χ2v) is 4.11. The van der Waals surface area contributed by atoms with E-state index >= 15 is 0 Å². The number of benzene rings is 1. The van der Waals surface area contributed by atoms with Crippen molar-refractivity contribution in [1.82, 2.24) is 4.90 Å². The molecule has 0 aromatic heterocycles. The van der Waals surface area contributed by atoms with Crippen molar-refractivity contribution < 1.29 is 9.59 Å². The van der Waals surface area contributed by atoms with Gasteiger partial charge in [0.1, 0.15) is 0 Å². The normalized spacial score (nSPS) is 15.9. The molecule has 0 saturated heterocycles. The number of nitrogens with zero attached hydrogens (tertiary/aromatic N) is 1. The fourth-order valence-electron chi connectivity index (χ4n) is 1.99. The Hall–Kier alpha value is -2.42. The van der Waals surface area contributed by atoms with Crippen LogP contribution in [0.4, 0.5) is 0 Å². The summed E-state index contributed by atoms with van der Waals surface area (Å²) < 4.78 is 0. The lowest BCUT2D eigenvalue weighted by molar-refractivity contribution is 0.0709. The first-order chi connectivity index (χ1) is 9.20. The van der Waals surface area contributed by atoms with E-state index in [-0.39, 0.29) is 11.8 Å². The van der Waals surface area contributed by atoms with Crippen LogP contribution >= 0.6 is 0 Å². The number of allylic oxidation sites excluding steroid dienone is 5. The minimum absolute atomic E-state index is 0.269. The smallest absolute Gasteiger partial charge is 0.266 e. The Morgan fingerprint density at radius 2 is 1.58 bits per heavy atom. The van der Waals surface area contributed by atoms with Gasteiger partial charge in [-0.15, -0.1) is 0 Å². The summed E-state index contributed by atoms with van der Waals surface area (Å²) in [4.78, 5) is 25.8. The molecule has 0 radical (unpaired) electrons. The molecule has 0 saturated carbocycles. The molecular weight excluding hydrogens is 238 g/mol. The van der Waals surface area contributed by atoms with Gasteiger partial charge in [0.05, 0.1) is 16.8 Å². The van der Waals surface area contributed by atoms with Crippen LogP contribution < -0.4 is 0 Å². The van der Waals surface area contributed by atoms with Crippen LogP contribution in [0.25, 0.3) is 0 Å². The quantitative estimate of drug-likeness (QED) is 0.612. The molecule has 1 aromatic rings. The van der Waals surface area contributed by atoms with E-state index in [9.17, 15) is 9.59 Å². The van der Waals surface area contributed by atoms with Gasteiger partial charge in [0, 0.05) is 0 Å². The zero-order valence-electron chi connectivity index (χ0n) is 11.0. The molecule has 0 spiro atoms. The molecule has 96 valence electrons. The van der Waals surface area contributed by atoms with E-state index in [1.165, 1.54) is 4.90 Å². The zero-order valence-corrected chi connectivity index (χ0v) is 11.0. The van der Waals surface area contributed by atoms with Crippen LogP contribution in [0.15, 0.2) is 60.3 Å². The van der Waals surface area contributed by atoms with Gasteiger partial charge in [-0.25, -0.2) is 4.90 Å². The van der Waals surface area contributed by atoms with E-state index in [1.54, 1.807) is 48.6 Å². The van der Waals surface area contributed by atoms with Crippen molar-refractivity contribution in [3.05, 3.63) is 71.5 Å². The average molecular weight is 253 g/mol. The van der Waals surface area contributed by atoms with Gasteiger partial charge in [0.15, 0.2) is 0 Å². The van der Waals surface area contributed by atoms with Crippen LogP contribution in [0.2, 0.25) is 0 Å². The summed E-state index contributed by atoms with van der Waals surface area (Å²) in [5, 5.41) is 0. The molecule has 19 heavy (non-hydrogen) atoms. The summed E-state index contributed by atoms with van der Waals surface area (Å²) in [7, 11) is 0. The molecule has 0 bridgehead atoms. The Kier molecular flexibility index (Phi) is 3.76. The van der Waals surface area contributed by atoms with Crippen LogP contribution in [0.1, 0.15) is 34.6 Å². The van der Waals surface area contributed by atoms with Crippen LogP contribution in [0.3, 0.4) is 0 Å². The fraction of sp³-hybridized carbons (Fsp3) is 0.125. The number of carbonyl (C=O) groups is 2. The van der Waals surface area contributed by atoms with E-state index in [1.807, 2.05) is 19.9 Å². The van der Waals surface area contributed by atoms with Crippen LogP contribution in [-0.2, 0) is 0 Å². The second-order valence-electron chi connectivity index (χ2n) is 4.11. The predicted molar refractivity (Wildman–Crippen MR) is 74.7 cm³/mol. The third-order valence-electron chi connectivity index (χ3n) is 2.85. The largest absolute Gasteiger partial charge is 0.268 e. The maximum Gasteiger partial charge on any atom is 0.266 e. The molecule has 2 amide bonds. The average Bonchev–Trinajstić information content (AvgIpc) is 2.68. The van der Waals surface area contributed by atoms with Crippen molar-refractivity contribution in [3.63, 3.8) is 0 Å². The summed E-state index contributed by atoms with van der Waals surface area (Å²) in [5.74, 6) is -0.538. The minimum atomic E-state index is -0.269. The SMILES string of the molecule is C\C=C/C=C(\C=C/C)N1C(=O)c2ccccc2C1=O. The number of carbonyl (C=O) groups excluding carboxylic acids is 2. The van der Waals surface area contributed by atoms with E-state index in [2.05, 4.69) is 0 Å². The topological polar surface area (TPSA) is 37.4 Å². The van der Waals surface area contributed by atoms with Gasteiger partial charge in [-0.05, 0) is 38.1 Å². The van der Waals surface area contributed by atoms with Crippen molar-refractivity contribution in [1.29, 1.82) is 0 Å². The molecular formula is C16H15NO2. The lowest BCUT2D eigenvalue weighted by atomic mass is 10.1. The van der Waals surface area contributed by atoms with Gasteiger partial charge in [-0.3, -0.25) is 9.59 Å². The van der Waals surface area contributed by atoms with Gasteiger partial charge in [-0.1, -0.05) is 30.4 Å². The highest BCUT2D eigenvalue weighted by atomic mass is 16.2. The highest BCUT2D eigenvalue weighted by Crippen LogP contribution is 2.26. The summed E-state index contributed by atoms with van der Waals surface area (Å²) in [6.07, 6.45) is 8.96. The van der Waals surface area contributed by atoms with Crippen LogP contribution in [0, 0.1) is 0 Å². The standard InChI is InChI=1S/C16H15NO2/c1-3-5-9-12(8-4-2)17-15(18)13-10-6-7-11-14(13)16(17)19/h3-11H,1-2H3/b5-3-,8-4-,12-9+. The summed E-state index contributed by atoms with van der Waals surface area (Å²) >= 11 is 0. The second kappa shape index (κ2) is 5.48. The van der Waals surface area contributed by atoms with Crippen molar-refractivity contribution in [2.75, 3.05) is 0 Å². The summed E-state index contributed by atoms with van der Waals surface area (Å²) in [6, 6.07) is 6.88. The molecule has 0 atom stereocenters. The molecule has 1 heterocycles. The minimum Gasteiger partial charge on any atom is -0.268 e. The molecule has 3 heteroatoms. The highest BCUT2D eigenvalue weighted by Gasteiger charge is 2.36. The number of hydrogen-bond acceptors (Lipinski definition) is 2. The molecule has 0 N–H and O–H groups in total. The fourth-order valence-corrected chi connectivity index (χ4v) is 1.99. The van der Waals surface area contributed by atoms with Gasteiger partial charge in [0.2, 0.25) is 0 Å². The van der Waals surface area contributed by atoms with Crippen molar-refractivity contribution in [3.8, 4) is 0 Å². The number of fused-ring (bicyclic) bond motifs is 1. The van der Waals surface area contributed by atoms with Gasteiger partial charge in [0.25, 0.3) is 11.8 Å². The number of rotatable bonds is 3. The molecule has 1 aliphatic rings. The van der Waals surface area contributed by atoms with Crippen LogP contribution in [-0.4, -0.2) is 16.7 Å². The maximum atomic E-state index is 12.3.